The third-order valence-electron chi connectivity index (χ3n) is 6.90. The van der Waals surface area contributed by atoms with Crippen molar-refractivity contribution < 1.29 is 9.18 Å². The molecule has 0 atom stereocenters. The number of halogens is 2. The van der Waals surface area contributed by atoms with E-state index in [1.807, 2.05) is 53.4 Å². The number of nitriles is 1. The molecule has 3 aromatic carbocycles. The van der Waals surface area contributed by atoms with E-state index in [2.05, 4.69) is 26.9 Å². The average Bonchev–Trinajstić information content (AvgIpc) is 3.14. The number of carbonyl (C=O) groups excluding carboxylic acids is 1. The number of piperidine rings is 1. The minimum atomic E-state index is -0.259. The van der Waals surface area contributed by atoms with Crippen LogP contribution in [-0.4, -0.2) is 30.4 Å². The van der Waals surface area contributed by atoms with Crippen LogP contribution in [0, 0.1) is 17.1 Å². The lowest BCUT2D eigenvalue weighted by Gasteiger charge is -2.40. The van der Waals surface area contributed by atoms with Crippen molar-refractivity contribution in [2.24, 2.45) is 0 Å². The molecule has 0 saturated carbocycles. The van der Waals surface area contributed by atoms with Crippen LogP contribution in [0.25, 0.3) is 0 Å². The van der Waals surface area contributed by atoms with E-state index in [-0.39, 0.29) is 17.1 Å². The zero-order valence-electron chi connectivity index (χ0n) is 18.1. The number of likely N-dealkylation sites (tertiary alicyclic amines) is 1. The molecule has 2 aliphatic rings. The fraction of sp³-hybridized carbons (Fsp3) is 0.259. The molecule has 3 aromatic rings. The minimum absolute atomic E-state index is 0.0546. The summed E-state index contributed by atoms with van der Waals surface area (Å²) < 4.78 is 15.1. The standard InChI is InChI=1S/C27H23BrFN3O/c28-22-3-1-2-21(14-22)26(33)32-18-27(24-15-23(29)8-9-25(24)32)10-12-31(13-11-27)17-20-6-4-19(16-30)5-7-20/h1-9,14-15H,10-13,17-18H2. The van der Waals surface area contributed by atoms with Gasteiger partial charge in [-0.05, 0) is 85.6 Å². The van der Waals surface area contributed by atoms with Crippen molar-refractivity contribution in [1.29, 1.82) is 5.26 Å². The van der Waals surface area contributed by atoms with Gasteiger partial charge in [0.25, 0.3) is 5.91 Å². The molecule has 4 nitrogen and oxygen atoms in total. The largest absolute Gasteiger partial charge is 0.307 e. The van der Waals surface area contributed by atoms with Gasteiger partial charge in [0.1, 0.15) is 5.82 Å². The fourth-order valence-corrected chi connectivity index (χ4v) is 5.51. The summed E-state index contributed by atoms with van der Waals surface area (Å²) in [5.41, 5.74) is 3.99. The normalized spacial score (nSPS) is 17.1. The highest BCUT2D eigenvalue weighted by molar-refractivity contribution is 9.10. The smallest absolute Gasteiger partial charge is 0.258 e. The third kappa shape index (κ3) is 4.19. The number of anilines is 1. The first kappa shape index (κ1) is 21.8. The van der Waals surface area contributed by atoms with Gasteiger partial charge in [0, 0.05) is 34.2 Å². The Morgan fingerprint density at radius 3 is 2.52 bits per heavy atom. The maximum absolute atomic E-state index is 14.3. The van der Waals surface area contributed by atoms with Crippen LogP contribution in [0.3, 0.4) is 0 Å². The topological polar surface area (TPSA) is 47.3 Å². The molecule has 0 bridgehead atoms. The first-order valence-electron chi connectivity index (χ1n) is 11.1. The fourth-order valence-electron chi connectivity index (χ4n) is 5.11. The molecule has 0 unspecified atom stereocenters. The van der Waals surface area contributed by atoms with Gasteiger partial charge in [-0.15, -0.1) is 0 Å². The first-order valence-corrected chi connectivity index (χ1v) is 11.9. The van der Waals surface area contributed by atoms with Gasteiger partial charge in [-0.3, -0.25) is 9.69 Å². The van der Waals surface area contributed by atoms with Gasteiger partial charge in [0.15, 0.2) is 0 Å². The zero-order valence-corrected chi connectivity index (χ0v) is 19.7. The number of nitrogens with zero attached hydrogens (tertiary/aromatic N) is 3. The van der Waals surface area contributed by atoms with Crippen molar-refractivity contribution in [3.8, 4) is 6.07 Å². The monoisotopic (exact) mass is 503 g/mol. The Labute approximate surface area is 201 Å². The lowest BCUT2D eigenvalue weighted by Crippen LogP contribution is -2.45. The number of amides is 1. The lowest BCUT2D eigenvalue weighted by atomic mass is 9.74. The van der Waals surface area contributed by atoms with Crippen LogP contribution in [0.5, 0.6) is 0 Å². The van der Waals surface area contributed by atoms with Crippen LogP contribution in [0.15, 0.2) is 71.2 Å². The lowest BCUT2D eigenvalue weighted by molar-refractivity contribution is 0.0975. The SMILES string of the molecule is N#Cc1ccc(CN2CCC3(CC2)CN(C(=O)c2cccc(Br)c2)c2ccc(F)cc23)cc1. The van der Waals surface area contributed by atoms with Gasteiger partial charge >= 0.3 is 0 Å². The Bertz CT molecular complexity index is 1240. The molecule has 1 saturated heterocycles. The quantitative estimate of drug-likeness (QED) is 0.463. The molecule has 5 rings (SSSR count). The number of hydrogen-bond donors (Lipinski definition) is 0. The predicted octanol–water partition coefficient (Wildman–Crippen LogP) is 5.65. The van der Waals surface area contributed by atoms with E-state index in [1.165, 1.54) is 11.6 Å². The minimum Gasteiger partial charge on any atom is -0.307 e. The summed E-state index contributed by atoms with van der Waals surface area (Å²) in [6, 6.07) is 22.1. The molecule has 1 amide bonds. The van der Waals surface area contributed by atoms with Crippen molar-refractivity contribution in [2.45, 2.75) is 24.8 Å². The molecule has 33 heavy (non-hydrogen) atoms. The molecular weight excluding hydrogens is 481 g/mol. The molecular formula is C27H23BrFN3O. The van der Waals surface area contributed by atoms with Crippen LogP contribution in [-0.2, 0) is 12.0 Å². The van der Waals surface area contributed by atoms with E-state index in [0.717, 1.165) is 48.2 Å². The van der Waals surface area contributed by atoms with E-state index in [1.54, 1.807) is 12.1 Å². The van der Waals surface area contributed by atoms with Crippen molar-refractivity contribution in [3.63, 3.8) is 0 Å². The molecule has 1 fully saturated rings. The molecule has 0 radical (unpaired) electrons. The molecule has 2 heterocycles. The Kier molecular flexibility index (Phi) is 5.77. The zero-order chi connectivity index (χ0) is 23.0. The predicted molar refractivity (Wildman–Crippen MR) is 130 cm³/mol. The van der Waals surface area contributed by atoms with Crippen molar-refractivity contribution >= 4 is 27.5 Å². The van der Waals surface area contributed by atoms with E-state index in [4.69, 9.17) is 5.26 Å². The number of carbonyl (C=O) groups is 1. The second-order valence-electron chi connectivity index (χ2n) is 8.93. The number of hydrogen-bond acceptors (Lipinski definition) is 3. The molecule has 2 aliphatic heterocycles. The third-order valence-corrected chi connectivity index (χ3v) is 7.39. The van der Waals surface area contributed by atoms with Crippen molar-refractivity contribution in [3.05, 3.63) is 99.3 Å². The molecule has 0 N–H and O–H groups in total. The molecule has 166 valence electrons. The second-order valence-corrected chi connectivity index (χ2v) is 9.84. The van der Waals surface area contributed by atoms with E-state index < -0.39 is 0 Å². The van der Waals surface area contributed by atoms with Gasteiger partial charge in [-0.2, -0.15) is 5.26 Å². The van der Waals surface area contributed by atoms with Crippen LogP contribution in [0.4, 0.5) is 10.1 Å². The van der Waals surface area contributed by atoms with Gasteiger partial charge in [-0.1, -0.05) is 34.1 Å². The summed E-state index contributed by atoms with van der Waals surface area (Å²) in [5.74, 6) is -0.314. The van der Waals surface area contributed by atoms with Gasteiger partial charge in [-0.25, -0.2) is 4.39 Å². The van der Waals surface area contributed by atoms with Crippen LogP contribution in [0.1, 0.15) is 39.9 Å². The average molecular weight is 504 g/mol. The van der Waals surface area contributed by atoms with Gasteiger partial charge in [0.05, 0.1) is 11.6 Å². The molecule has 1 spiro atoms. The maximum atomic E-state index is 14.3. The number of fused-ring (bicyclic) bond motifs is 2. The summed E-state index contributed by atoms with van der Waals surface area (Å²) in [6.07, 6.45) is 1.73. The highest BCUT2D eigenvalue weighted by Gasteiger charge is 2.46. The summed E-state index contributed by atoms with van der Waals surface area (Å²) >= 11 is 3.45. The molecule has 0 aliphatic carbocycles. The molecule has 6 heteroatoms. The summed E-state index contributed by atoms with van der Waals surface area (Å²) in [5, 5.41) is 9.00. The highest BCUT2D eigenvalue weighted by Crippen LogP contribution is 2.48. The Hall–Kier alpha value is -3.01. The van der Waals surface area contributed by atoms with E-state index in [9.17, 15) is 9.18 Å². The Morgan fingerprint density at radius 2 is 1.82 bits per heavy atom. The van der Waals surface area contributed by atoms with Crippen LogP contribution >= 0.6 is 15.9 Å². The number of benzene rings is 3. The summed E-state index contributed by atoms with van der Waals surface area (Å²) in [7, 11) is 0. The van der Waals surface area contributed by atoms with Gasteiger partial charge in [0.2, 0.25) is 0 Å². The highest BCUT2D eigenvalue weighted by atomic mass is 79.9. The van der Waals surface area contributed by atoms with E-state index >= 15 is 0 Å². The van der Waals surface area contributed by atoms with Crippen molar-refractivity contribution in [1.82, 2.24) is 4.90 Å². The first-order chi connectivity index (χ1) is 16.0. The maximum Gasteiger partial charge on any atom is 0.258 e. The van der Waals surface area contributed by atoms with Crippen LogP contribution in [0.2, 0.25) is 0 Å². The van der Waals surface area contributed by atoms with E-state index in [0.29, 0.717) is 17.7 Å². The Morgan fingerprint density at radius 1 is 1.06 bits per heavy atom. The van der Waals surface area contributed by atoms with Crippen LogP contribution < -0.4 is 4.90 Å². The second kappa shape index (κ2) is 8.74. The molecule has 0 aromatic heterocycles. The Balaban J connectivity index is 1.37. The van der Waals surface area contributed by atoms with Gasteiger partial charge < -0.3 is 4.90 Å². The number of rotatable bonds is 3. The summed E-state index contributed by atoms with van der Waals surface area (Å²) in [4.78, 5) is 17.6. The summed E-state index contributed by atoms with van der Waals surface area (Å²) in [6.45, 7) is 3.13. The van der Waals surface area contributed by atoms with Crippen molar-refractivity contribution in [2.75, 3.05) is 24.5 Å².